The summed E-state index contributed by atoms with van der Waals surface area (Å²) in [6.07, 6.45) is 0. The van der Waals surface area contributed by atoms with Gasteiger partial charge in [-0.2, -0.15) is 0 Å². The summed E-state index contributed by atoms with van der Waals surface area (Å²) in [6, 6.07) is 13.5. The molecule has 0 spiro atoms. The Morgan fingerprint density at radius 2 is 1.82 bits per heavy atom. The van der Waals surface area contributed by atoms with E-state index < -0.39 is 0 Å². The molecule has 0 saturated heterocycles. The molecule has 0 bridgehead atoms. The summed E-state index contributed by atoms with van der Waals surface area (Å²) in [4.78, 5) is 0. The predicted octanol–water partition coefficient (Wildman–Crippen LogP) is 4.28. The number of hydrogen-bond donors (Lipinski definition) is 1. The lowest BCUT2D eigenvalue weighted by Crippen LogP contribution is -2.42. The van der Waals surface area contributed by atoms with Gasteiger partial charge in [-0.05, 0) is 53.8 Å². The van der Waals surface area contributed by atoms with E-state index in [1.807, 2.05) is 0 Å². The van der Waals surface area contributed by atoms with Gasteiger partial charge in [-0.3, -0.25) is 0 Å². The molecule has 1 atom stereocenters. The highest BCUT2D eigenvalue weighted by Gasteiger charge is 2.33. The molecule has 1 N–H and O–H groups in total. The van der Waals surface area contributed by atoms with E-state index in [1.54, 1.807) is 7.11 Å². The van der Waals surface area contributed by atoms with Crippen LogP contribution < -0.4 is 10.1 Å². The van der Waals surface area contributed by atoms with Crippen molar-refractivity contribution in [1.82, 2.24) is 5.32 Å². The van der Waals surface area contributed by atoms with Crippen molar-refractivity contribution < 1.29 is 4.74 Å². The number of benzene rings is 2. The van der Waals surface area contributed by atoms with Crippen LogP contribution in [0, 0.1) is 13.8 Å². The number of rotatable bonds is 2. The van der Waals surface area contributed by atoms with Gasteiger partial charge in [-0.25, -0.2) is 0 Å². The van der Waals surface area contributed by atoms with E-state index in [-0.39, 0.29) is 11.5 Å². The standard InChI is InChI=1S/C20H25NO/c1-13-6-7-15(10-14(13)2)19-17-9-8-16(22-5)11-18(17)20(3,4)12-21-19/h6-11,19,21H,12H2,1-5H3. The Kier molecular flexibility index (Phi) is 3.73. The average Bonchev–Trinajstić information content (AvgIpc) is 2.50. The van der Waals surface area contributed by atoms with E-state index >= 15 is 0 Å². The third-order valence-corrected chi connectivity index (χ3v) is 4.91. The first-order valence-corrected chi connectivity index (χ1v) is 7.91. The summed E-state index contributed by atoms with van der Waals surface area (Å²) in [5.74, 6) is 0.938. The molecule has 0 amide bonds. The van der Waals surface area contributed by atoms with E-state index in [0.29, 0.717) is 0 Å². The maximum Gasteiger partial charge on any atom is 0.119 e. The highest BCUT2D eigenvalue weighted by molar-refractivity contribution is 5.48. The number of hydrogen-bond acceptors (Lipinski definition) is 2. The smallest absolute Gasteiger partial charge is 0.119 e. The minimum atomic E-state index is 0.111. The molecule has 0 fully saturated rings. The van der Waals surface area contributed by atoms with Crippen molar-refractivity contribution >= 4 is 0 Å². The average molecular weight is 295 g/mol. The van der Waals surface area contributed by atoms with Gasteiger partial charge in [-0.15, -0.1) is 0 Å². The van der Waals surface area contributed by atoms with Crippen LogP contribution in [0.4, 0.5) is 0 Å². The summed E-state index contributed by atoms with van der Waals surface area (Å²) < 4.78 is 5.43. The monoisotopic (exact) mass is 295 g/mol. The molecule has 1 aliphatic heterocycles. The van der Waals surface area contributed by atoms with Gasteiger partial charge in [0.05, 0.1) is 13.2 Å². The zero-order valence-electron chi connectivity index (χ0n) is 14.2. The molecular weight excluding hydrogens is 270 g/mol. The van der Waals surface area contributed by atoms with Gasteiger partial charge in [0.2, 0.25) is 0 Å². The van der Waals surface area contributed by atoms with E-state index in [2.05, 4.69) is 69.4 Å². The van der Waals surface area contributed by atoms with E-state index in [4.69, 9.17) is 4.74 Å². The Balaban J connectivity index is 2.11. The molecule has 0 aliphatic carbocycles. The molecular formula is C20H25NO. The van der Waals surface area contributed by atoms with Gasteiger partial charge in [0.1, 0.15) is 5.75 Å². The second-order valence-corrected chi connectivity index (χ2v) is 6.99. The van der Waals surface area contributed by atoms with Gasteiger partial charge in [-0.1, -0.05) is 38.1 Å². The molecule has 22 heavy (non-hydrogen) atoms. The first-order valence-electron chi connectivity index (χ1n) is 7.91. The molecule has 0 saturated carbocycles. The second-order valence-electron chi connectivity index (χ2n) is 6.99. The Morgan fingerprint density at radius 3 is 2.50 bits per heavy atom. The minimum Gasteiger partial charge on any atom is -0.497 e. The van der Waals surface area contributed by atoms with Gasteiger partial charge >= 0.3 is 0 Å². The van der Waals surface area contributed by atoms with E-state index in [9.17, 15) is 0 Å². The lowest BCUT2D eigenvalue weighted by Gasteiger charge is -2.38. The van der Waals surface area contributed by atoms with Gasteiger partial charge in [0, 0.05) is 12.0 Å². The summed E-state index contributed by atoms with van der Waals surface area (Å²) >= 11 is 0. The van der Waals surface area contributed by atoms with Crippen molar-refractivity contribution in [2.45, 2.75) is 39.2 Å². The predicted molar refractivity (Wildman–Crippen MR) is 91.8 cm³/mol. The Bertz CT molecular complexity index is 703. The summed E-state index contributed by atoms with van der Waals surface area (Å²) in [5, 5.41) is 3.73. The molecule has 1 aliphatic rings. The van der Waals surface area contributed by atoms with Crippen LogP contribution in [0.15, 0.2) is 36.4 Å². The van der Waals surface area contributed by atoms with Crippen LogP contribution in [-0.4, -0.2) is 13.7 Å². The summed E-state index contributed by atoms with van der Waals surface area (Å²) in [6.45, 7) is 9.88. The molecule has 116 valence electrons. The Morgan fingerprint density at radius 1 is 1.05 bits per heavy atom. The minimum absolute atomic E-state index is 0.111. The highest BCUT2D eigenvalue weighted by atomic mass is 16.5. The van der Waals surface area contributed by atoms with Crippen LogP contribution in [0.1, 0.15) is 47.7 Å². The number of methoxy groups -OCH3 is 1. The molecule has 1 unspecified atom stereocenters. The first kappa shape index (κ1) is 15.1. The zero-order chi connectivity index (χ0) is 15.9. The fourth-order valence-electron chi connectivity index (χ4n) is 3.30. The van der Waals surface area contributed by atoms with Crippen LogP contribution in [0.2, 0.25) is 0 Å². The van der Waals surface area contributed by atoms with E-state index in [0.717, 1.165) is 12.3 Å². The third-order valence-electron chi connectivity index (χ3n) is 4.91. The molecule has 2 aromatic rings. The Hall–Kier alpha value is -1.80. The number of nitrogens with one attached hydrogen (secondary N) is 1. The molecule has 3 rings (SSSR count). The van der Waals surface area contributed by atoms with Gasteiger partial charge in [0.15, 0.2) is 0 Å². The Labute approximate surface area is 133 Å². The molecule has 2 nitrogen and oxygen atoms in total. The van der Waals surface area contributed by atoms with Crippen LogP contribution in [0.3, 0.4) is 0 Å². The zero-order valence-corrected chi connectivity index (χ0v) is 14.2. The van der Waals surface area contributed by atoms with Crippen LogP contribution in [-0.2, 0) is 5.41 Å². The van der Waals surface area contributed by atoms with E-state index in [1.165, 1.54) is 27.8 Å². The fourth-order valence-corrected chi connectivity index (χ4v) is 3.30. The van der Waals surface area contributed by atoms with Gasteiger partial charge < -0.3 is 10.1 Å². The van der Waals surface area contributed by atoms with Crippen molar-refractivity contribution in [3.05, 3.63) is 64.2 Å². The van der Waals surface area contributed by atoms with Crippen molar-refractivity contribution in [2.75, 3.05) is 13.7 Å². The highest BCUT2D eigenvalue weighted by Crippen LogP contribution is 2.39. The largest absolute Gasteiger partial charge is 0.497 e. The van der Waals surface area contributed by atoms with Crippen molar-refractivity contribution in [3.63, 3.8) is 0 Å². The number of aryl methyl sites for hydroxylation is 2. The van der Waals surface area contributed by atoms with Crippen LogP contribution >= 0.6 is 0 Å². The lowest BCUT2D eigenvalue weighted by molar-refractivity contribution is 0.391. The summed E-state index contributed by atoms with van der Waals surface area (Å²) in [7, 11) is 1.73. The molecule has 2 heteroatoms. The maximum absolute atomic E-state index is 5.43. The SMILES string of the molecule is COc1ccc2c(c1)C(C)(C)CNC2c1ccc(C)c(C)c1. The number of ether oxygens (including phenoxy) is 1. The first-order chi connectivity index (χ1) is 10.4. The lowest BCUT2D eigenvalue weighted by atomic mass is 9.75. The molecule has 0 aromatic heterocycles. The van der Waals surface area contributed by atoms with Crippen LogP contribution in [0.5, 0.6) is 5.75 Å². The van der Waals surface area contributed by atoms with Crippen LogP contribution in [0.25, 0.3) is 0 Å². The van der Waals surface area contributed by atoms with Crippen molar-refractivity contribution in [1.29, 1.82) is 0 Å². The van der Waals surface area contributed by atoms with Crippen molar-refractivity contribution in [3.8, 4) is 5.75 Å². The third kappa shape index (κ3) is 2.52. The molecule has 2 aromatic carbocycles. The fraction of sp³-hybridized carbons (Fsp3) is 0.400. The quantitative estimate of drug-likeness (QED) is 0.892. The molecule has 0 radical (unpaired) electrons. The molecule has 1 heterocycles. The van der Waals surface area contributed by atoms with Crippen molar-refractivity contribution in [2.24, 2.45) is 0 Å². The summed E-state index contributed by atoms with van der Waals surface area (Å²) in [5.41, 5.74) is 6.88. The topological polar surface area (TPSA) is 21.3 Å². The second kappa shape index (κ2) is 5.44. The number of fused-ring (bicyclic) bond motifs is 1. The normalized spacial score (nSPS) is 19.6. The maximum atomic E-state index is 5.43. The van der Waals surface area contributed by atoms with Gasteiger partial charge in [0.25, 0.3) is 0 Å².